The summed E-state index contributed by atoms with van der Waals surface area (Å²) >= 11 is 14.2. The number of aromatic hydroxyl groups is 1. The van der Waals surface area contributed by atoms with Gasteiger partial charge in [0.1, 0.15) is 0 Å². The number of phenolic OH excluding ortho intramolecular Hbond substituents is 1. The summed E-state index contributed by atoms with van der Waals surface area (Å²) in [6.45, 7) is 0. The molecule has 2 saturated heterocycles. The van der Waals surface area contributed by atoms with E-state index in [0.29, 0.717) is 11.1 Å². The van der Waals surface area contributed by atoms with Gasteiger partial charge in [0.25, 0.3) is 11.8 Å². The molecule has 1 N–H and O–H groups in total. The summed E-state index contributed by atoms with van der Waals surface area (Å²) in [5, 5.41) is 34.1. The van der Waals surface area contributed by atoms with E-state index in [1.165, 1.54) is 45.3 Å². The summed E-state index contributed by atoms with van der Waals surface area (Å²) in [5.41, 5.74) is -0.983. The number of methoxy groups -OCH3 is 1. The minimum Gasteiger partial charge on any atom is -0.504 e. The Bertz CT molecular complexity index is 1910. The van der Waals surface area contributed by atoms with E-state index in [9.17, 15) is 44.5 Å². The van der Waals surface area contributed by atoms with Crippen LogP contribution in [0, 0.1) is 43.9 Å². The van der Waals surface area contributed by atoms with E-state index in [0.717, 1.165) is 21.9 Å². The number of likely N-dealkylation sites (tertiary alicyclic amines) is 1. The number of amides is 4. The summed E-state index contributed by atoms with van der Waals surface area (Å²) in [6.07, 6.45) is 4.62. The number of carbonyl (C=O) groups excluding carboxylic acids is 4. The Labute approximate surface area is 288 Å². The standard InChI is InChI=1S/C32H29Cl2N5O10/c1-35(2)26-21(38(45)46)12-16(13-22(26)39(47)48)37-27(41)18-8-7-17-19(25(18)28(37)42)14-31(33)29(43)36(3)30(44)32(31,34)20(17)9-5-15-6-10-23(40)24(11-15)49-4/h5-7,9-13,18-20,25,40H,8,14H2,1-4H3. The van der Waals surface area contributed by atoms with Crippen LogP contribution in [0.25, 0.3) is 6.08 Å². The number of nitro benzene ring substituents is 2. The van der Waals surface area contributed by atoms with Crippen LogP contribution >= 0.6 is 23.2 Å². The van der Waals surface area contributed by atoms with Crippen LogP contribution in [0.4, 0.5) is 22.7 Å². The number of imide groups is 2. The van der Waals surface area contributed by atoms with Crippen molar-refractivity contribution in [2.24, 2.45) is 23.7 Å². The Morgan fingerprint density at radius 1 is 1.00 bits per heavy atom. The highest BCUT2D eigenvalue weighted by Gasteiger charge is 2.75. The summed E-state index contributed by atoms with van der Waals surface area (Å²) in [5.74, 6) is -7.03. The average Bonchev–Trinajstić information content (AvgIpc) is 3.38. The molecule has 0 bridgehead atoms. The summed E-state index contributed by atoms with van der Waals surface area (Å²) in [6, 6.07) is 6.42. The van der Waals surface area contributed by atoms with Gasteiger partial charge in [-0.3, -0.25) is 44.3 Å². The maximum absolute atomic E-state index is 14.3. The Kier molecular flexibility index (Phi) is 7.98. The number of carbonyl (C=O) groups is 4. The molecule has 6 atom stereocenters. The second-order valence-corrected chi connectivity index (χ2v) is 13.8. The number of alkyl halides is 2. The minimum absolute atomic E-state index is 0.00907. The lowest BCUT2D eigenvalue weighted by Crippen LogP contribution is -2.60. The van der Waals surface area contributed by atoms with E-state index in [4.69, 9.17) is 27.9 Å². The maximum Gasteiger partial charge on any atom is 0.301 e. The molecule has 49 heavy (non-hydrogen) atoms. The van der Waals surface area contributed by atoms with Crippen molar-refractivity contribution in [3.05, 3.63) is 73.8 Å². The molecule has 6 rings (SSSR count). The van der Waals surface area contributed by atoms with Crippen molar-refractivity contribution >= 4 is 75.7 Å². The van der Waals surface area contributed by atoms with E-state index in [1.54, 1.807) is 24.3 Å². The fourth-order valence-electron chi connectivity index (χ4n) is 7.71. The van der Waals surface area contributed by atoms with Gasteiger partial charge >= 0.3 is 11.4 Å². The fourth-order valence-corrected chi connectivity index (χ4v) is 8.68. The third kappa shape index (κ3) is 4.70. The molecular formula is C32H29Cl2N5O10. The highest BCUT2D eigenvalue weighted by atomic mass is 35.5. The van der Waals surface area contributed by atoms with Gasteiger partial charge in [0.15, 0.2) is 26.9 Å². The van der Waals surface area contributed by atoms with Gasteiger partial charge in [-0.05, 0) is 36.5 Å². The largest absolute Gasteiger partial charge is 0.504 e. The fraction of sp³-hybridized carbons (Fsp3) is 0.375. The van der Waals surface area contributed by atoms with Crippen molar-refractivity contribution in [1.82, 2.24) is 4.90 Å². The predicted molar refractivity (Wildman–Crippen MR) is 176 cm³/mol. The highest BCUT2D eigenvalue weighted by Crippen LogP contribution is 2.63. The van der Waals surface area contributed by atoms with Gasteiger partial charge in [0.2, 0.25) is 11.8 Å². The molecule has 2 heterocycles. The monoisotopic (exact) mass is 713 g/mol. The van der Waals surface area contributed by atoms with Crippen molar-refractivity contribution in [1.29, 1.82) is 0 Å². The molecule has 3 fully saturated rings. The van der Waals surface area contributed by atoms with Crippen LogP contribution in [0.1, 0.15) is 18.4 Å². The predicted octanol–water partition coefficient (Wildman–Crippen LogP) is 4.02. The molecule has 2 aromatic rings. The SMILES string of the molecule is COc1cc(C=CC2C3=CCC4C(=O)N(c5cc([N+](=O)[O-])c(N(C)C)c([N+](=O)[O-])c5)C(=O)C4C3CC3(Cl)C(=O)N(C)C(=O)C23Cl)ccc1O. The molecule has 17 heteroatoms. The zero-order valence-corrected chi connectivity index (χ0v) is 28.0. The lowest BCUT2D eigenvalue weighted by atomic mass is 9.57. The smallest absolute Gasteiger partial charge is 0.301 e. The van der Waals surface area contributed by atoms with Gasteiger partial charge in [-0.15, -0.1) is 23.2 Å². The van der Waals surface area contributed by atoms with Gasteiger partial charge in [-0.1, -0.05) is 29.9 Å². The van der Waals surface area contributed by atoms with Crippen LogP contribution in [-0.2, 0) is 19.2 Å². The van der Waals surface area contributed by atoms with E-state index < -0.39 is 78.3 Å². The van der Waals surface area contributed by atoms with Crippen LogP contribution in [0.15, 0.2) is 48.1 Å². The number of benzene rings is 2. The highest BCUT2D eigenvalue weighted by molar-refractivity contribution is 6.53. The number of fused-ring (bicyclic) bond motifs is 4. The van der Waals surface area contributed by atoms with E-state index in [2.05, 4.69) is 0 Å². The number of rotatable bonds is 7. The van der Waals surface area contributed by atoms with Gasteiger partial charge in [-0.25, -0.2) is 4.90 Å². The first-order valence-electron chi connectivity index (χ1n) is 15.0. The number of hydrogen-bond donors (Lipinski definition) is 1. The average molecular weight is 715 g/mol. The number of hydrogen-bond acceptors (Lipinski definition) is 11. The van der Waals surface area contributed by atoms with Gasteiger partial charge in [0, 0.05) is 39.2 Å². The van der Waals surface area contributed by atoms with E-state index in [1.807, 2.05) is 0 Å². The molecular weight excluding hydrogens is 685 g/mol. The number of allylic oxidation sites excluding steroid dienone is 3. The number of anilines is 2. The molecule has 2 aliphatic carbocycles. The number of phenols is 1. The van der Waals surface area contributed by atoms with Gasteiger partial charge in [-0.2, -0.15) is 0 Å². The summed E-state index contributed by atoms with van der Waals surface area (Å²) in [4.78, 5) is 76.6. The second kappa shape index (κ2) is 11.6. The topological polar surface area (TPSA) is 194 Å². The molecule has 4 aliphatic rings. The number of nitro groups is 2. The summed E-state index contributed by atoms with van der Waals surface area (Å²) in [7, 11) is 5.41. The quantitative estimate of drug-likeness (QED) is 0.143. The lowest BCUT2D eigenvalue weighted by molar-refractivity contribution is -0.392. The van der Waals surface area contributed by atoms with Crippen molar-refractivity contribution < 1.29 is 38.9 Å². The zero-order chi connectivity index (χ0) is 35.9. The molecule has 0 aromatic heterocycles. The second-order valence-electron chi connectivity index (χ2n) is 12.6. The van der Waals surface area contributed by atoms with E-state index >= 15 is 0 Å². The van der Waals surface area contributed by atoms with Gasteiger partial charge in [0.05, 0.1) is 34.5 Å². The Balaban J connectivity index is 1.47. The first-order chi connectivity index (χ1) is 23.0. The number of nitrogens with zero attached hydrogens (tertiary/aromatic N) is 5. The molecule has 2 aromatic carbocycles. The third-order valence-electron chi connectivity index (χ3n) is 9.91. The molecule has 0 spiro atoms. The van der Waals surface area contributed by atoms with Crippen molar-refractivity contribution in [2.75, 3.05) is 38.1 Å². The molecule has 15 nitrogen and oxygen atoms in total. The molecule has 256 valence electrons. The minimum atomic E-state index is -2.03. The van der Waals surface area contributed by atoms with Crippen molar-refractivity contribution in [3.8, 4) is 11.5 Å². The van der Waals surface area contributed by atoms with E-state index in [-0.39, 0.29) is 35.7 Å². The molecule has 6 unspecified atom stereocenters. The molecule has 4 amide bonds. The zero-order valence-electron chi connectivity index (χ0n) is 26.5. The number of halogens is 2. The lowest BCUT2D eigenvalue weighted by Gasteiger charge is -2.49. The van der Waals surface area contributed by atoms with Crippen LogP contribution in [0.3, 0.4) is 0 Å². The first kappa shape index (κ1) is 33.9. The van der Waals surface area contributed by atoms with Crippen LogP contribution in [-0.4, -0.2) is 81.5 Å². The molecule has 1 saturated carbocycles. The normalized spacial score (nSPS) is 29.1. The van der Waals surface area contributed by atoms with Crippen LogP contribution < -0.4 is 14.5 Å². The van der Waals surface area contributed by atoms with Crippen LogP contribution in [0.2, 0.25) is 0 Å². The Morgan fingerprint density at radius 3 is 2.20 bits per heavy atom. The molecule has 2 aliphatic heterocycles. The maximum atomic E-state index is 14.3. The molecule has 0 radical (unpaired) electrons. The first-order valence-corrected chi connectivity index (χ1v) is 15.7. The van der Waals surface area contributed by atoms with Crippen LogP contribution in [0.5, 0.6) is 11.5 Å². The van der Waals surface area contributed by atoms with Crippen molar-refractivity contribution in [2.45, 2.75) is 22.6 Å². The Morgan fingerprint density at radius 2 is 1.63 bits per heavy atom. The van der Waals surface area contributed by atoms with Gasteiger partial charge < -0.3 is 14.7 Å². The number of ether oxygens (including phenoxy) is 1. The third-order valence-corrected chi connectivity index (χ3v) is 11.3. The van der Waals surface area contributed by atoms with Crippen molar-refractivity contribution in [3.63, 3.8) is 0 Å². The Hall–Kier alpha value is -5.02. The summed E-state index contributed by atoms with van der Waals surface area (Å²) < 4.78 is 5.19.